The number of hydrogen-bond donors (Lipinski definition) is 3. The smallest absolute Gasteiger partial charge is 0.229 e. The van der Waals surface area contributed by atoms with E-state index in [0.29, 0.717) is 24.5 Å². The van der Waals surface area contributed by atoms with Gasteiger partial charge in [-0.15, -0.1) is 0 Å². The standard InChI is InChI=1S/C15H26N6O/c16-13-19-14(17-10-12-8-5-9-22-12)21-15(20-13)18-11-6-3-1-2-4-7-11/h11-12H,1-10H2,(H4,16,17,18,19,20,21). The normalized spacial score (nSPS) is 23.2. The largest absolute Gasteiger partial charge is 0.376 e. The van der Waals surface area contributed by atoms with Gasteiger partial charge in [0, 0.05) is 19.2 Å². The van der Waals surface area contributed by atoms with Crippen LogP contribution in [0.4, 0.5) is 17.8 Å². The topological polar surface area (TPSA) is 98.0 Å². The van der Waals surface area contributed by atoms with E-state index in [4.69, 9.17) is 10.5 Å². The molecule has 122 valence electrons. The van der Waals surface area contributed by atoms with E-state index in [1.807, 2.05) is 0 Å². The third-order valence-electron chi connectivity index (χ3n) is 4.35. The Morgan fingerprint density at radius 1 is 0.955 bits per heavy atom. The van der Waals surface area contributed by atoms with Crippen LogP contribution in [0, 0.1) is 0 Å². The number of nitrogens with one attached hydrogen (secondary N) is 2. The van der Waals surface area contributed by atoms with E-state index in [2.05, 4.69) is 25.6 Å². The Hall–Kier alpha value is -1.63. The number of ether oxygens (including phenoxy) is 1. The molecule has 3 rings (SSSR count). The highest BCUT2D eigenvalue weighted by Gasteiger charge is 2.17. The van der Waals surface area contributed by atoms with Crippen molar-refractivity contribution in [1.82, 2.24) is 15.0 Å². The lowest BCUT2D eigenvalue weighted by molar-refractivity contribution is 0.120. The van der Waals surface area contributed by atoms with E-state index in [1.54, 1.807) is 0 Å². The van der Waals surface area contributed by atoms with Crippen LogP contribution in [0.15, 0.2) is 0 Å². The molecule has 2 fully saturated rings. The summed E-state index contributed by atoms with van der Waals surface area (Å²) >= 11 is 0. The molecule has 1 saturated heterocycles. The number of nitrogen functional groups attached to an aromatic ring is 1. The molecule has 1 aromatic heterocycles. The molecular weight excluding hydrogens is 280 g/mol. The molecule has 1 aliphatic heterocycles. The first-order valence-corrected chi connectivity index (χ1v) is 8.43. The summed E-state index contributed by atoms with van der Waals surface area (Å²) in [6.07, 6.45) is 9.98. The van der Waals surface area contributed by atoms with Crippen LogP contribution in [0.1, 0.15) is 51.4 Å². The maximum Gasteiger partial charge on any atom is 0.229 e. The highest BCUT2D eigenvalue weighted by molar-refractivity contribution is 5.40. The summed E-state index contributed by atoms with van der Waals surface area (Å²) < 4.78 is 5.59. The predicted molar refractivity (Wildman–Crippen MR) is 86.8 cm³/mol. The van der Waals surface area contributed by atoms with Crippen molar-refractivity contribution in [2.45, 2.75) is 63.5 Å². The van der Waals surface area contributed by atoms with E-state index in [9.17, 15) is 0 Å². The molecule has 0 spiro atoms. The lowest BCUT2D eigenvalue weighted by Crippen LogP contribution is -2.23. The fourth-order valence-electron chi connectivity index (χ4n) is 3.15. The molecule has 1 aliphatic carbocycles. The van der Waals surface area contributed by atoms with Crippen molar-refractivity contribution >= 4 is 17.8 Å². The van der Waals surface area contributed by atoms with Crippen molar-refractivity contribution in [3.05, 3.63) is 0 Å². The SMILES string of the molecule is Nc1nc(NCC2CCCO2)nc(NC2CCCCCC2)n1. The lowest BCUT2D eigenvalue weighted by Gasteiger charge is -2.17. The van der Waals surface area contributed by atoms with Gasteiger partial charge in [0.2, 0.25) is 17.8 Å². The number of nitrogens with two attached hydrogens (primary N) is 1. The Labute approximate surface area is 131 Å². The van der Waals surface area contributed by atoms with Crippen LogP contribution >= 0.6 is 0 Å². The molecule has 1 saturated carbocycles. The monoisotopic (exact) mass is 306 g/mol. The first-order chi connectivity index (χ1) is 10.8. The van der Waals surface area contributed by atoms with E-state index >= 15 is 0 Å². The van der Waals surface area contributed by atoms with Gasteiger partial charge < -0.3 is 21.1 Å². The average molecular weight is 306 g/mol. The summed E-state index contributed by atoms with van der Waals surface area (Å²) in [6.45, 7) is 1.56. The first-order valence-electron chi connectivity index (χ1n) is 8.43. The summed E-state index contributed by atoms with van der Waals surface area (Å²) in [6, 6.07) is 0.440. The summed E-state index contributed by atoms with van der Waals surface area (Å²) in [5.74, 6) is 1.36. The van der Waals surface area contributed by atoms with Gasteiger partial charge in [-0.3, -0.25) is 0 Å². The molecule has 0 amide bonds. The zero-order valence-electron chi connectivity index (χ0n) is 13.1. The van der Waals surface area contributed by atoms with E-state index in [-0.39, 0.29) is 12.1 Å². The Morgan fingerprint density at radius 2 is 1.73 bits per heavy atom. The summed E-state index contributed by atoms with van der Waals surface area (Å²) in [5.41, 5.74) is 5.81. The molecule has 2 aliphatic rings. The van der Waals surface area contributed by atoms with Gasteiger partial charge in [0.05, 0.1) is 6.10 Å². The maximum absolute atomic E-state index is 5.81. The minimum atomic E-state index is 0.247. The van der Waals surface area contributed by atoms with Crippen LogP contribution in [-0.2, 0) is 4.74 Å². The lowest BCUT2D eigenvalue weighted by atomic mass is 10.1. The van der Waals surface area contributed by atoms with E-state index < -0.39 is 0 Å². The van der Waals surface area contributed by atoms with Crippen LogP contribution in [0.25, 0.3) is 0 Å². The molecule has 1 aromatic rings. The fraction of sp³-hybridized carbons (Fsp3) is 0.800. The van der Waals surface area contributed by atoms with Gasteiger partial charge in [-0.2, -0.15) is 15.0 Å². The molecule has 0 aromatic carbocycles. The van der Waals surface area contributed by atoms with Gasteiger partial charge >= 0.3 is 0 Å². The van der Waals surface area contributed by atoms with Gasteiger partial charge in [0.25, 0.3) is 0 Å². The van der Waals surface area contributed by atoms with Crippen LogP contribution in [0.3, 0.4) is 0 Å². The van der Waals surface area contributed by atoms with Crippen LogP contribution in [-0.4, -0.2) is 40.2 Å². The minimum Gasteiger partial charge on any atom is -0.376 e. The molecule has 2 heterocycles. The second kappa shape index (κ2) is 7.58. The van der Waals surface area contributed by atoms with Crippen molar-refractivity contribution in [2.75, 3.05) is 29.5 Å². The van der Waals surface area contributed by atoms with Gasteiger partial charge in [-0.1, -0.05) is 25.7 Å². The second-order valence-electron chi connectivity index (χ2n) is 6.19. The molecule has 4 N–H and O–H groups in total. The third kappa shape index (κ3) is 4.43. The van der Waals surface area contributed by atoms with Crippen molar-refractivity contribution in [3.63, 3.8) is 0 Å². The maximum atomic E-state index is 5.81. The van der Waals surface area contributed by atoms with Crippen molar-refractivity contribution in [1.29, 1.82) is 0 Å². The van der Waals surface area contributed by atoms with Gasteiger partial charge in [0.1, 0.15) is 0 Å². The zero-order valence-corrected chi connectivity index (χ0v) is 13.1. The Balaban J connectivity index is 1.58. The van der Waals surface area contributed by atoms with Gasteiger partial charge in [-0.25, -0.2) is 0 Å². The molecular formula is C15H26N6O. The quantitative estimate of drug-likeness (QED) is 0.717. The average Bonchev–Trinajstić information content (AvgIpc) is 2.89. The summed E-state index contributed by atoms with van der Waals surface area (Å²) in [4.78, 5) is 12.8. The molecule has 7 heteroatoms. The van der Waals surface area contributed by atoms with Crippen LogP contribution in [0.5, 0.6) is 0 Å². The molecule has 1 unspecified atom stereocenters. The van der Waals surface area contributed by atoms with Crippen molar-refractivity contribution < 1.29 is 4.74 Å². The fourth-order valence-corrected chi connectivity index (χ4v) is 3.15. The molecule has 7 nitrogen and oxygen atoms in total. The second-order valence-corrected chi connectivity index (χ2v) is 6.19. The van der Waals surface area contributed by atoms with E-state index in [0.717, 1.165) is 19.4 Å². The minimum absolute atomic E-state index is 0.247. The highest BCUT2D eigenvalue weighted by Crippen LogP contribution is 2.20. The number of aromatic nitrogens is 3. The molecule has 1 atom stereocenters. The Bertz CT molecular complexity index is 469. The Kier molecular flexibility index (Phi) is 5.26. The van der Waals surface area contributed by atoms with E-state index in [1.165, 1.54) is 38.5 Å². The number of anilines is 3. The van der Waals surface area contributed by atoms with Crippen LogP contribution < -0.4 is 16.4 Å². The zero-order chi connectivity index (χ0) is 15.2. The summed E-state index contributed by atoms with van der Waals surface area (Å²) in [5, 5.41) is 6.63. The third-order valence-corrected chi connectivity index (χ3v) is 4.35. The predicted octanol–water partition coefficient (Wildman–Crippen LogP) is 2.18. The molecule has 0 radical (unpaired) electrons. The van der Waals surface area contributed by atoms with Gasteiger partial charge in [-0.05, 0) is 25.7 Å². The van der Waals surface area contributed by atoms with Crippen molar-refractivity contribution in [3.8, 4) is 0 Å². The number of nitrogens with zero attached hydrogens (tertiary/aromatic N) is 3. The number of rotatable bonds is 5. The van der Waals surface area contributed by atoms with Gasteiger partial charge in [0.15, 0.2) is 0 Å². The van der Waals surface area contributed by atoms with Crippen molar-refractivity contribution in [2.24, 2.45) is 0 Å². The van der Waals surface area contributed by atoms with Crippen LogP contribution in [0.2, 0.25) is 0 Å². The molecule has 0 bridgehead atoms. The first kappa shape index (κ1) is 15.3. The number of hydrogen-bond acceptors (Lipinski definition) is 7. The summed E-state index contributed by atoms with van der Waals surface area (Å²) in [7, 11) is 0. The highest BCUT2D eigenvalue weighted by atomic mass is 16.5. The molecule has 22 heavy (non-hydrogen) atoms. The Morgan fingerprint density at radius 3 is 2.45 bits per heavy atom.